The van der Waals surface area contributed by atoms with E-state index in [0.717, 1.165) is 6.26 Å². The molecule has 144 valence electrons. The quantitative estimate of drug-likeness (QED) is 0.666. The smallest absolute Gasteiger partial charge is 0.306 e. The summed E-state index contributed by atoms with van der Waals surface area (Å²) in [6, 6.07) is 0. The summed E-state index contributed by atoms with van der Waals surface area (Å²) < 4.78 is 45.9. The molecule has 3 aliphatic heterocycles. The van der Waals surface area contributed by atoms with Gasteiger partial charge in [0.25, 0.3) is 0 Å². The number of aliphatic hydroxyl groups excluding tert-OH is 2. The highest BCUT2D eigenvalue weighted by Crippen LogP contribution is 2.37. The molecule has 2 bridgehead atoms. The van der Waals surface area contributed by atoms with Crippen molar-refractivity contribution >= 4 is 10.1 Å². The Morgan fingerprint density at radius 3 is 2.44 bits per heavy atom. The zero-order valence-corrected chi connectivity index (χ0v) is 15.4. The highest BCUT2D eigenvalue weighted by molar-refractivity contribution is 7.86. The Hall–Kier alpha value is -0.710. The van der Waals surface area contributed by atoms with Gasteiger partial charge in [-0.05, 0) is 39.2 Å². The summed E-state index contributed by atoms with van der Waals surface area (Å²) in [5, 5.41) is 20.4. The first-order valence-corrected chi connectivity index (χ1v) is 10.3. The molecule has 3 aliphatic rings. The Bertz CT molecular complexity index is 628. The van der Waals surface area contributed by atoms with E-state index in [9.17, 15) is 18.6 Å². The molecule has 2 N–H and O–H groups in total. The molecule has 8 nitrogen and oxygen atoms in total. The molecule has 3 heterocycles. The average Bonchev–Trinajstić information content (AvgIpc) is 2.75. The van der Waals surface area contributed by atoms with Crippen molar-refractivity contribution in [1.82, 2.24) is 0 Å². The Kier molecular flexibility index (Phi) is 5.18. The number of rotatable bonds is 2. The van der Waals surface area contributed by atoms with E-state index in [4.69, 9.17) is 18.4 Å². The summed E-state index contributed by atoms with van der Waals surface area (Å²) in [6.07, 6.45) is 0.326. The minimum Gasteiger partial charge on any atom is -0.390 e. The van der Waals surface area contributed by atoms with E-state index in [1.165, 1.54) is 0 Å². The summed E-state index contributed by atoms with van der Waals surface area (Å²) in [4.78, 5) is 0. The van der Waals surface area contributed by atoms with Gasteiger partial charge in [0.1, 0.15) is 11.9 Å². The van der Waals surface area contributed by atoms with E-state index in [2.05, 4.69) is 0 Å². The monoisotopic (exact) mass is 378 g/mol. The normalized spacial score (nSPS) is 43.6. The molecule has 0 amide bonds. The van der Waals surface area contributed by atoms with Crippen molar-refractivity contribution in [2.24, 2.45) is 0 Å². The van der Waals surface area contributed by atoms with E-state index < -0.39 is 40.3 Å². The van der Waals surface area contributed by atoms with Gasteiger partial charge < -0.3 is 28.6 Å². The van der Waals surface area contributed by atoms with Crippen molar-refractivity contribution in [1.29, 1.82) is 0 Å². The molecular formula is C16H26O8S. The molecule has 0 aromatic heterocycles. The van der Waals surface area contributed by atoms with Crippen LogP contribution in [0.5, 0.6) is 0 Å². The van der Waals surface area contributed by atoms with Crippen LogP contribution in [0.15, 0.2) is 11.8 Å². The van der Waals surface area contributed by atoms with Gasteiger partial charge in [0.05, 0.1) is 36.8 Å². The highest BCUT2D eigenvalue weighted by Gasteiger charge is 2.45. The van der Waals surface area contributed by atoms with Crippen LogP contribution in [0, 0.1) is 0 Å². The lowest BCUT2D eigenvalue weighted by atomic mass is 9.91. The number of hydrogen-bond donors (Lipinski definition) is 2. The third-order valence-corrected chi connectivity index (χ3v) is 5.18. The minimum atomic E-state index is -3.79. The lowest BCUT2D eigenvalue weighted by Crippen LogP contribution is -2.49. The molecule has 0 aromatic carbocycles. The van der Waals surface area contributed by atoms with E-state index in [1.54, 1.807) is 6.08 Å². The van der Waals surface area contributed by atoms with E-state index in [0.29, 0.717) is 19.3 Å². The Balaban J connectivity index is 1.92. The van der Waals surface area contributed by atoms with Gasteiger partial charge in [-0.15, -0.1) is 0 Å². The molecule has 3 rings (SSSR count). The minimum absolute atomic E-state index is 0.0286. The number of ether oxygens (including phenoxy) is 3. The summed E-state index contributed by atoms with van der Waals surface area (Å²) in [6.45, 7) is 3.65. The van der Waals surface area contributed by atoms with Crippen molar-refractivity contribution in [2.45, 2.75) is 81.9 Å². The molecule has 0 spiro atoms. The van der Waals surface area contributed by atoms with Crippen molar-refractivity contribution in [2.75, 3.05) is 6.26 Å². The van der Waals surface area contributed by atoms with Crippen LogP contribution < -0.4 is 0 Å². The number of aliphatic hydroxyl groups is 2. The van der Waals surface area contributed by atoms with Crippen molar-refractivity contribution < 1.29 is 37.0 Å². The molecular weight excluding hydrogens is 352 g/mol. The lowest BCUT2D eigenvalue weighted by Gasteiger charge is -2.38. The largest absolute Gasteiger partial charge is 0.390 e. The molecule has 25 heavy (non-hydrogen) atoms. The fourth-order valence-electron chi connectivity index (χ4n) is 3.70. The molecule has 0 aliphatic carbocycles. The fourth-order valence-corrected chi connectivity index (χ4v) is 4.21. The van der Waals surface area contributed by atoms with E-state index in [-0.39, 0.29) is 24.4 Å². The van der Waals surface area contributed by atoms with Crippen molar-refractivity contribution in [3.05, 3.63) is 11.8 Å². The SMILES string of the molecule is CC1(C)O[C@@H]2C/C=C(/OS(C)(=O)=O)[C@H]3O[C@@H](CC[C@H]2O1)[C@H](O)C[C@@H]3O. The second-order valence-electron chi connectivity index (χ2n) is 7.38. The predicted octanol–water partition coefficient (Wildman–Crippen LogP) is 0.430. The standard InChI is InChI=1S/C16H26O8S/c1-16(2)22-12-5-4-11-9(17)8-10(18)15(21-11)14(24-25(3,19)20)7-6-13(12)23-16/h7,9-13,15,17-18H,4-6,8H2,1-3H3/b14-7+/t9-,10+,11+,12-,13-,15+/m1/s1. The first-order chi connectivity index (χ1) is 11.5. The summed E-state index contributed by atoms with van der Waals surface area (Å²) in [5.41, 5.74) is 0. The molecule has 0 radical (unpaired) electrons. The molecule has 2 fully saturated rings. The van der Waals surface area contributed by atoms with Crippen LogP contribution in [0.25, 0.3) is 0 Å². The van der Waals surface area contributed by atoms with Crippen LogP contribution >= 0.6 is 0 Å². The van der Waals surface area contributed by atoms with Gasteiger partial charge in [0, 0.05) is 6.42 Å². The Morgan fingerprint density at radius 1 is 1.12 bits per heavy atom. The molecule has 0 aromatic rings. The second kappa shape index (κ2) is 6.79. The topological polar surface area (TPSA) is 112 Å². The van der Waals surface area contributed by atoms with Crippen LogP contribution in [0.2, 0.25) is 0 Å². The van der Waals surface area contributed by atoms with Gasteiger partial charge in [-0.1, -0.05) is 0 Å². The summed E-state index contributed by atoms with van der Waals surface area (Å²) >= 11 is 0. The van der Waals surface area contributed by atoms with Crippen LogP contribution in [0.3, 0.4) is 0 Å². The zero-order valence-electron chi connectivity index (χ0n) is 14.6. The maximum absolute atomic E-state index is 11.6. The summed E-state index contributed by atoms with van der Waals surface area (Å²) in [5.74, 6) is -0.704. The van der Waals surface area contributed by atoms with Gasteiger partial charge in [-0.3, -0.25) is 0 Å². The Morgan fingerprint density at radius 2 is 1.76 bits per heavy atom. The van der Waals surface area contributed by atoms with E-state index in [1.807, 2.05) is 13.8 Å². The number of hydrogen-bond acceptors (Lipinski definition) is 8. The van der Waals surface area contributed by atoms with Gasteiger partial charge >= 0.3 is 10.1 Å². The van der Waals surface area contributed by atoms with Gasteiger partial charge in [-0.25, -0.2) is 0 Å². The third-order valence-electron chi connectivity index (χ3n) is 4.68. The average molecular weight is 378 g/mol. The lowest BCUT2D eigenvalue weighted by molar-refractivity contribution is -0.169. The molecule has 0 unspecified atom stereocenters. The van der Waals surface area contributed by atoms with Gasteiger partial charge in [0.2, 0.25) is 0 Å². The van der Waals surface area contributed by atoms with Crippen LogP contribution in [-0.2, 0) is 28.5 Å². The molecule has 0 saturated carbocycles. The predicted molar refractivity (Wildman–Crippen MR) is 87.0 cm³/mol. The maximum Gasteiger partial charge on any atom is 0.306 e. The van der Waals surface area contributed by atoms with Crippen LogP contribution in [0.4, 0.5) is 0 Å². The number of fused-ring (bicyclic) bond motifs is 3. The Labute approximate surface area is 147 Å². The van der Waals surface area contributed by atoms with Crippen LogP contribution in [0.1, 0.15) is 39.5 Å². The molecule has 9 heteroatoms. The highest BCUT2D eigenvalue weighted by atomic mass is 32.2. The van der Waals surface area contributed by atoms with E-state index >= 15 is 0 Å². The summed E-state index contributed by atoms with van der Waals surface area (Å²) in [7, 11) is -3.79. The zero-order chi connectivity index (χ0) is 18.4. The van der Waals surface area contributed by atoms with Crippen molar-refractivity contribution in [3.8, 4) is 0 Å². The molecule has 6 atom stereocenters. The first kappa shape index (κ1) is 19.1. The second-order valence-corrected chi connectivity index (χ2v) is 8.96. The first-order valence-electron chi connectivity index (χ1n) is 8.51. The molecule has 2 saturated heterocycles. The van der Waals surface area contributed by atoms with Crippen molar-refractivity contribution in [3.63, 3.8) is 0 Å². The third kappa shape index (κ3) is 4.53. The van der Waals surface area contributed by atoms with Gasteiger partial charge in [-0.2, -0.15) is 8.42 Å². The fraction of sp³-hybridized carbons (Fsp3) is 0.875. The maximum atomic E-state index is 11.6. The van der Waals surface area contributed by atoms with Gasteiger partial charge in [0.15, 0.2) is 5.79 Å². The van der Waals surface area contributed by atoms with Crippen LogP contribution in [-0.4, -0.2) is 67.3 Å².